The Morgan fingerprint density at radius 2 is 2.27 bits per heavy atom. The van der Waals surface area contributed by atoms with Crippen LogP contribution in [0.4, 0.5) is 0 Å². The molecule has 0 saturated carbocycles. The average Bonchev–Trinajstić information content (AvgIpc) is 2.78. The monoisotopic (exact) mass is 203 g/mol. The first-order chi connectivity index (χ1) is 7.33. The number of aldehydes is 1. The van der Waals surface area contributed by atoms with E-state index in [1.165, 1.54) is 0 Å². The predicted octanol–water partition coefficient (Wildman–Crippen LogP) is 1.09. The van der Waals surface area contributed by atoms with Gasteiger partial charge in [-0.1, -0.05) is 0 Å². The number of methoxy groups -OCH3 is 1. The third-order valence-corrected chi connectivity index (χ3v) is 1.95. The van der Waals surface area contributed by atoms with Crippen molar-refractivity contribution in [3.8, 4) is 11.4 Å². The lowest BCUT2D eigenvalue weighted by Gasteiger charge is -1.99. The highest BCUT2D eigenvalue weighted by atomic mass is 16.5. The number of carbonyl (C=O) groups excluding carboxylic acids is 1. The molecule has 0 amide bonds. The molecule has 2 aromatic heterocycles. The van der Waals surface area contributed by atoms with Crippen LogP contribution >= 0.6 is 0 Å². The van der Waals surface area contributed by atoms with Gasteiger partial charge in [0.25, 0.3) is 0 Å². The lowest BCUT2D eigenvalue weighted by molar-refractivity contribution is 0.111. The molecule has 0 N–H and O–H groups in total. The number of aromatic nitrogens is 3. The van der Waals surface area contributed by atoms with Gasteiger partial charge in [-0.15, -0.1) is 0 Å². The summed E-state index contributed by atoms with van der Waals surface area (Å²) in [6.07, 6.45) is 5.62. The predicted molar refractivity (Wildman–Crippen MR) is 53.3 cm³/mol. The van der Waals surface area contributed by atoms with Crippen LogP contribution in [-0.4, -0.2) is 28.2 Å². The molecule has 0 atom stereocenters. The lowest BCUT2D eigenvalue weighted by atomic mass is 10.3. The van der Waals surface area contributed by atoms with Crippen LogP contribution in [0, 0.1) is 0 Å². The second kappa shape index (κ2) is 3.91. The van der Waals surface area contributed by atoms with Crippen LogP contribution in [0.15, 0.2) is 30.7 Å². The molecule has 0 aliphatic carbocycles. The highest BCUT2D eigenvalue weighted by Crippen LogP contribution is 2.12. The van der Waals surface area contributed by atoms with Gasteiger partial charge < -0.3 is 4.74 Å². The molecule has 5 heteroatoms. The maximum Gasteiger partial charge on any atom is 0.168 e. The van der Waals surface area contributed by atoms with Crippen molar-refractivity contribution in [3.05, 3.63) is 36.4 Å². The van der Waals surface area contributed by atoms with Gasteiger partial charge in [0, 0.05) is 0 Å². The third-order valence-electron chi connectivity index (χ3n) is 1.95. The molecule has 2 rings (SSSR count). The summed E-state index contributed by atoms with van der Waals surface area (Å²) in [5.41, 5.74) is 1.18. The van der Waals surface area contributed by atoms with E-state index in [0.29, 0.717) is 17.7 Å². The fourth-order valence-corrected chi connectivity index (χ4v) is 1.16. The quantitative estimate of drug-likeness (QED) is 0.700. The van der Waals surface area contributed by atoms with Gasteiger partial charge in [-0.05, 0) is 12.1 Å². The number of ether oxygens (including phenoxy) is 1. The van der Waals surface area contributed by atoms with Gasteiger partial charge in [-0.2, -0.15) is 5.10 Å². The average molecular weight is 203 g/mol. The fourth-order valence-electron chi connectivity index (χ4n) is 1.16. The van der Waals surface area contributed by atoms with E-state index >= 15 is 0 Å². The van der Waals surface area contributed by atoms with E-state index in [1.54, 1.807) is 42.5 Å². The van der Waals surface area contributed by atoms with Gasteiger partial charge in [0.05, 0.1) is 31.4 Å². The molecule has 76 valence electrons. The number of pyridine rings is 1. The van der Waals surface area contributed by atoms with Crippen LogP contribution in [0.1, 0.15) is 10.5 Å². The first kappa shape index (κ1) is 9.39. The molecule has 0 unspecified atom stereocenters. The van der Waals surface area contributed by atoms with E-state index in [4.69, 9.17) is 4.74 Å². The Balaban J connectivity index is 2.32. The summed E-state index contributed by atoms with van der Waals surface area (Å²) >= 11 is 0. The minimum Gasteiger partial charge on any atom is -0.493 e. The molecule has 0 aromatic carbocycles. The number of nitrogens with zero attached hydrogens (tertiary/aromatic N) is 3. The van der Waals surface area contributed by atoms with Crippen LogP contribution < -0.4 is 4.74 Å². The van der Waals surface area contributed by atoms with E-state index in [2.05, 4.69) is 10.1 Å². The van der Waals surface area contributed by atoms with Gasteiger partial charge in [0.1, 0.15) is 5.69 Å². The van der Waals surface area contributed by atoms with Crippen LogP contribution in [0.2, 0.25) is 0 Å². The zero-order valence-corrected chi connectivity index (χ0v) is 8.12. The second-order valence-corrected chi connectivity index (χ2v) is 2.88. The van der Waals surface area contributed by atoms with E-state index in [1.807, 2.05) is 0 Å². The number of carbonyl (C=O) groups is 1. The van der Waals surface area contributed by atoms with Gasteiger partial charge in [0.2, 0.25) is 0 Å². The highest BCUT2D eigenvalue weighted by Gasteiger charge is 2.00. The third kappa shape index (κ3) is 1.85. The molecule has 0 bridgehead atoms. The summed E-state index contributed by atoms with van der Waals surface area (Å²) in [5, 5.41) is 4.08. The number of hydrogen-bond donors (Lipinski definition) is 0. The van der Waals surface area contributed by atoms with Crippen LogP contribution in [-0.2, 0) is 0 Å². The summed E-state index contributed by atoms with van der Waals surface area (Å²) in [6, 6.07) is 3.40. The van der Waals surface area contributed by atoms with Crippen LogP contribution in [0.25, 0.3) is 5.69 Å². The summed E-state index contributed by atoms with van der Waals surface area (Å²) < 4.78 is 6.63. The zero-order valence-electron chi connectivity index (χ0n) is 8.12. The minimum absolute atomic E-state index is 0.401. The molecule has 15 heavy (non-hydrogen) atoms. The molecular weight excluding hydrogens is 194 g/mol. The molecule has 5 nitrogen and oxygen atoms in total. The molecule has 0 fully saturated rings. The molecule has 0 aliphatic heterocycles. The lowest BCUT2D eigenvalue weighted by Crippen LogP contribution is -1.96. The van der Waals surface area contributed by atoms with E-state index < -0.39 is 0 Å². The molecule has 0 spiro atoms. The highest BCUT2D eigenvalue weighted by molar-refractivity contribution is 5.71. The van der Waals surface area contributed by atoms with E-state index in [9.17, 15) is 4.79 Å². The first-order valence-electron chi connectivity index (χ1n) is 4.34. The second-order valence-electron chi connectivity index (χ2n) is 2.88. The van der Waals surface area contributed by atoms with Crippen molar-refractivity contribution in [3.63, 3.8) is 0 Å². The standard InChI is InChI=1S/C10H9N3O2/c1-15-10-5-12-13(6-10)9-3-2-8(7-14)11-4-9/h2-7H,1H3. The van der Waals surface area contributed by atoms with Crippen molar-refractivity contribution in [2.24, 2.45) is 0 Å². The molecule has 0 radical (unpaired) electrons. The number of rotatable bonds is 3. The Hall–Kier alpha value is -2.17. The Morgan fingerprint density at radius 1 is 1.40 bits per heavy atom. The van der Waals surface area contributed by atoms with Crippen molar-refractivity contribution < 1.29 is 9.53 Å². The first-order valence-corrected chi connectivity index (χ1v) is 4.34. The normalized spacial score (nSPS) is 9.93. The molecule has 0 saturated heterocycles. The van der Waals surface area contributed by atoms with Crippen LogP contribution in [0.3, 0.4) is 0 Å². The summed E-state index contributed by atoms with van der Waals surface area (Å²) in [5.74, 6) is 0.675. The van der Waals surface area contributed by atoms with E-state index in [0.717, 1.165) is 5.69 Å². The molecule has 2 heterocycles. The zero-order chi connectivity index (χ0) is 10.7. The van der Waals surface area contributed by atoms with Crippen molar-refractivity contribution in [2.75, 3.05) is 7.11 Å². The minimum atomic E-state index is 0.401. The SMILES string of the molecule is COc1cnn(-c2ccc(C=O)nc2)c1. The molecule has 2 aromatic rings. The van der Waals surface area contributed by atoms with Crippen molar-refractivity contribution >= 4 is 6.29 Å². The Bertz CT molecular complexity index is 462. The van der Waals surface area contributed by atoms with E-state index in [-0.39, 0.29) is 0 Å². The Kier molecular flexibility index (Phi) is 2.45. The van der Waals surface area contributed by atoms with Crippen molar-refractivity contribution in [1.29, 1.82) is 0 Å². The number of hydrogen-bond acceptors (Lipinski definition) is 4. The van der Waals surface area contributed by atoms with Crippen molar-refractivity contribution in [1.82, 2.24) is 14.8 Å². The maximum atomic E-state index is 10.4. The van der Waals surface area contributed by atoms with Crippen molar-refractivity contribution in [2.45, 2.75) is 0 Å². The topological polar surface area (TPSA) is 57.0 Å². The summed E-state index contributed by atoms with van der Waals surface area (Å²) in [6.45, 7) is 0. The molecule has 0 aliphatic rings. The van der Waals surface area contributed by atoms with Gasteiger partial charge in [0.15, 0.2) is 12.0 Å². The molecular formula is C10H9N3O2. The largest absolute Gasteiger partial charge is 0.493 e. The summed E-state index contributed by atoms with van der Waals surface area (Å²) in [4.78, 5) is 14.3. The fraction of sp³-hybridized carbons (Fsp3) is 0.100. The Morgan fingerprint density at radius 3 is 2.80 bits per heavy atom. The Labute approximate surface area is 86.3 Å². The van der Waals surface area contributed by atoms with Gasteiger partial charge in [-0.3, -0.25) is 9.78 Å². The van der Waals surface area contributed by atoms with Gasteiger partial charge in [-0.25, -0.2) is 4.68 Å². The van der Waals surface area contributed by atoms with Crippen LogP contribution in [0.5, 0.6) is 5.75 Å². The van der Waals surface area contributed by atoms with Gasteiger partial charge >= 0.3 is 0 Å². The summed E-state index contributed by atoms with van der Waals surface area (Å²) in [7, 11) is 1.58. The maximum absolute atomic E-state index is 10.4. The smallest absolute Gasteiger partial charge is 0.168 e.